The molecular formula is C19H24N2O3. The lowest BCUT2D eigenvalue weighted by atomic mass is 9.87. The van der Waals surface area contributed by atoms with Gasteiger partial charge in [0, 0.05) is 35.8 Å². The first-order chi connectivity index (χ1) is 11.4. The number of nitrogens with one attached hydrogen (secondary N) is 1. The predicted molar refractivity (Wildman–Crippen MR) is 93.5 cm³/mol. The first-order valence-corrected chi connectivity index (χ1v) is 8.42. The van der Waals surface area contributed by atoms with E-state index in [0.717, 1.165) is 30.0 Å². The van der Waals surface area contributed by atoms with E-state index in [9.17, 15) is 9.59 Å². The van der Waals surface area contributed by atoms with E-state index in [-0.39, 0.29) is 6.09 Å². The van der Waals surface area contributed by atoms with Crippen molar-refractivity contribution in [3.05, 3.63) is 35.5 Å². The summed E-state index contributed by atoms with van der Waals surface area (Å²) in [4.78, 5) is 28.4. The van der Waals surface area contributed by atoms with E-state index in [2.05, 4.69) is 11.1 Å². The Morgan fingerprint density at radius 2 is 2.00 bits per heavy atom. The zero-order chi connectivity index (χ0) is 17.3. The maximum atomic E-state index is 12.2. The molecule has 0 radical (unpaired) electrons. The number of aromatic nitrogens is 1. The molecule has 2 heterocycles. The van der Waals surface area contributed by atoms with Crippen molar-refractivity contribution in [2.45, 2.75) is 45.1 Å². The Morgan fingerprint density at radius 3 is 2.62 bits per heavy atom. The smallest absolute Gasteiger partial charge is 0.410 e. The van der Waals surface area contributed by atoms with Gasteiger partial charge in [0.2, 0.25) is 0 Å². The summed E-state index contributed by atoms with van der Waals surface area (Å²) in [6, 6.07) is 6.10. The van der Waals surface area contributed by atoms with Gasteiger partial charge in [0.25, 0.3) is 0 Å². The van der Waals surface area contributed by atoms with Gasteiger partial charge in [0.15, 0.2) is 6.29 Å². The van der Waals surface area contributed by atoms with Gasteiger partial charge in [-0.1, -0.05) is 12.1 Å². The zero-order valence-electron chi connectivity index (χ0n) is 14.5. The summed E-state index contributed by atoms with van der Waals surface area (Å²) in [7, 11) is 0. The number of nitrogens with zero attached hydrogens (tertiary/aromatic N) is 1. The fourth-order valence-electron chi connectivity index (χ4n) is 3.37. The first-order valence-electron chi connectivity index (χ1n) is 8.42. The number of likely N-dealkylation sites (tertiary alicyclic amines) is 1. The standard InChI is InChI=1S/C19H24N2O3/c1-19(2,3)24-18(23)21-9-7-13(8-10-21)15-5-4-6-16-17(15)14(12-22)11-20-16/h4-6,11-13,20H,7-10H2,1-3H3. The Hall–Kier alpha value is -2.30. The molecule has 1 aliphatic heterocycles. The van der Waals surface area contributed by atoms with Crippen LogP contribution in [0.3, 0.4) is 0 Å². The third kappa shape index (κ3) is 3.30. The monoisotopic (exact) mass is 328 g/mol. The number of hydrogen-bond acceptors (Lipinski definition) is 3. The van der Waals surface area contributed by atoms with Crippen molar-refractivity contribution in [1.82, 2.24) is 9.88 Å². The molecule has 1 amide bonds. The number of benzene rings is 1. The van der Waals surface area contributed by atoms with E-state index in [1.807, 2.05) is 32.9 Å². The van der Waals surface area contributed by atoms with Gasteiger partial charge in [-0.3, -0.25) is 4.79 Å². The first kappa shape index (κ1) is 16.6. The van der Waals surface area contributed by atoms with Gasteiger partial charge in [0.05, 0.1) is 0 Å². The van der Waals surface area contributed by atoms with E-state index >= 15 is 0 Å². The molecule has 1 aromatic heterocycles. The highest BCUT2D eigenvalue weighted by atomic mass is 16.6. The van der Waals surface area contributed by atoms with Gasteiger partial charge in [-0.15, -0.1) is 0 Å². The Balaban J connectivity index is 1.75. The number of aromatic amines is 1. The fourth-order valence-corrected chi connectivity index (χ4v) is 3.37. The van der Waals surface area contributed by atoms with Gasteiger partial charge in [-0.25, -0.2) is 4.79 Å². The number of fused-ring (bicyclic) bond motifs is 1. The topological polar surface area (TPSA) is 62.4 Å². The lowest BCUT2D eigenvalue weighted by Gasteiger charge is -2.33. The predicted octanol–water partition coefficient (Wildman–Crippen LogP) is 4.09. The van der Waals surface area contributed by atoms with E-state index in [1.165, 1.54) is 5.56 Å². The molecule has 5 nitrogen and oxygen atoms in total. The molecule has 1 aliphatic rings. The minimum atomic E-state index is -0.469. The molecule has 1 N–H and O–H groups in total. The highest BCUT2D eigenvalue weighted by Gasteiger charge is 2.28. The van der Waals surface area contributed by atoms with Gasteiger partial charge in [0.1, 0.15) is 5.60 Å². The summed E-state index contributed by atoms with van der Waals surface area (Å²) in [6.07, 6.45) is 4.17. The third-order valence-corrected chi connectivity index (χ3v) is 4.48. The third-order valence-electron chi connectivity index (χ3n) is 4.48. The van der Waals surface area contributed by atoms with E-state index in [0.29, 0.717) is 24.6 Å². The summed E-state index contributed by atoms with van der Waals surface area (Å²) < 4.78 is 5.45. The second kappa shape index (κ2) is 6.30. The quantitative estimate of drug-likeness (QED) is 0.844. The highest BCUT2D eigenvalue weighted by Crippen LogP contribution is 2.34. The molecular weight excluding hydrogens is 304 g/mol. The van der Waals surface area contributed by atoms with E-state index in [1.54, 1.807) is 11.1 Å². The van der Waals surface area contributed by atoms with Gasteiger partial charge in [-0.05, 0) is 51.2 Å². The Labute approximate surface area is 142 Å². The van der Waals surface area contributed by atoms with Crippen LogP contribution in [-0.4, -0.2) is 41.0 Å². The number of aldehydes is 1. The lowest BCUT2D eigenvalue weighted by molar-refractivity contribution is 0.0205. The van der Waals surface area contributed by atoms with Crippen molar-refractivity contribution < 1.29 is 14.3 Å². The zero-order valence-corrected chi connectivity index (χ0v) is 14.5. The number of ether oxygens (including phenoxy) is 1. The average Bonchev–Trinajstić information content (AvgIpc) is 2.96. The highest BCUT2D eigenvalue weighted by molar-refractivity contribution is 5.99. The van der Waals surface area contributed by atoms with Crippen molar-refractivity contribution in [2.24, 2.45) is 0 Å². The number of carbonyl (C=O) groups is 2. The summed E-state index contributed by atoms with van der Waals surface area (Å²) in [5, 5.41) is 1.02. The van der Waals surface area contributed by atoms with Crippen molar-refractivity contribution in [3.63, 3.8) is 0 Å². The summed E-state index contributed by atoms with van der Waals surface area (Å²) in [5.74, 6) is 0.349. The molecule has 1 saturated heterocycles. The maximum Gasteiger partial charge on any atom is 0.410 e. The molecule has 3 rings (SSSR count). The minimum Gasteiger partial charge on any atom is -0.444 e. The largest absolute Gasteiger partial charge is 0.444 e. The second-order valence-electron chi connectivity index (χ2n) is 7.37. The van der Waals surface area contributed by atoms with E-state index < -0.39 is 5.60 Å². The summed E-state index contributed by atoms with van der Waals surface area (Å²) in [6.45, 7) is 7.00. The van der Waals surface area contributed by atoms with Crippen molar-refractivity contribution in [2.75, 3.05) is 13.1 Å². The molecule has 0 atom stereocenters. The molecule has 2 aromatic rings. The van der Waals surface area contributed by atoms with Crippen LogP contribution in [0.5, 0.6) is 0 Å². The number of carbonyl (C=O) groups excluding carboxylic acids is 2. The molecule has 1 fully saturated rings. The Bertz CT molecular complexity index is 750. The van der Waals surface area contributed by atoms with Crippen LogP contribution in [0, 0.1) is 0 Å². The average molecular weight is 328 g/mol. The number of rotatable bonds is 2. The minimum absolute atomic E-state index is 0.241. The molecule has 0 aliphatic carbocycles. The van der Waals surface area contributed by atoms with Crippen LogP contribution in [0.4, 0.5) is 4.79 Å². The van der Waals surface area contributed by atoms with E-state index in [4.69, 9.17) is 4.74 Å². The molecule has 1 aromatic carbocycles. The normalized spacial score (nSPS) is 16.4. The molecule has 0 unspecified atom stereocenters. The van der Waals surface area contributed by atoms with Gasteiger partial charge >= 0.3 is 6.09 Å². The number of piperidine rings is 1. The molecule has 0 bridgehead atoms. The van der Waals surface area contributed by atoms with Crippen LogP contribution < -0.4 is 0 Å². The second-order valence-corrected chi connectivity index (χ2v) is 7.37. The van der Waals surface area contributed by atoms with Crippen molar-refractivity contribution in [3.8, 4) is 0 Å². The summed E-state index contributed by atoms with van der Waals surface area (Å²) in [5.41, 5.74) is 2.42. The molecule has 128 valence electrons. The van der Waals surface area contributed by atoms with Crippen LogP contribution >= 0.6 is 0 Å². The maximum absolute atomic E-state index is 12.2. The number of amides is 1. The van der Waals surface area contributed by atoms with Crippen molar-refractivity contribution in [1.29, 1.82) is 0 Å². The number of H-pyrrole nitrogens is 1. The Morgan fingerprint density at radius 1 is 1.29 bits per heavy atom. The van der Waals surface area contributed by atoms with Crippen molar-refractivity contribution >= 4 is 23.3 Å². The van der Waals surface area contributed by atoms with Crippen LogP contribution in [0.25, 0.3) is 10.9 Å². The molecule has 0 spiro atoms. The SMILES string of the molecule is CC(C)(C)OC(=O)N1CCC(c2cccc3[nH]cc(C=O)c23)CC1. The number of hydrogen-bond donors (Lipinski definition) is 1. The molecule has 24 heavy (non-hydrogen) atoms. The Kier molecular flexibility index (Phi) is 4.35. The lowest BCUT2D eigenvalue weighted by Crippen LogP contribution is -2.41. The van der Waals surface area contributed by atoms with Crippen LogP contribution in [0.2, 0.25) is 0 Å². The fraction of sp³-hybridized carbons (Fsp3) is 0.474. The summed E-state index contributed by atoms with van der Waals surface area (Å²) >= 11 is 0. The van der Waals surface area contributed by atoms with Gasteiger partial charge in [-0.2, -0.15) is 0 Å². The van der Waals surface area contributed by atoms with Crippen LogP contribution in [0.15, 0.2) is 24.4 Å². The van der Waals surface area contributed by atoms with Crippen LogP contribution in [-0.2, 0) is 4.74 Å². The molecule has 0 saturated carbocycles. The van der Waals surface area contributed by atoms with Gasteiger partial charge < -0.3 is 14.6 Å². The van der Waals surface area contributed by atoms with Crippen LogP contribution in [0.1, 0.15) is 55.5 Å². The molecule has 5 heteroatoms.